The van der Waals surface area contributed by atoms with Crippen molar-refractivity contribution < 1.29 is 13.9 Å². The summed E-state index contributed by atoms with van der Waals surface area (Å²) in [5, 5.41) is 0. The summed E-state index contributed by atoms with van der Waals surface area (Å²) in [7, 11) is 0. The summed E-state index contributed by atoms with van der Waals surface area (Å²) in [6.07, 6.45) is 0.575. The highest BCUT2D eigenvalue weighted by atomic mass is 19.1. The number of H-pyrrole nitrogens is 1. The molecule has 0 aromatic carbocycles. The maximum Gasteiger partial charge on any atom is 0.331 e. The Balaban J connectivity index is 2.75. The molecule has 0 saturated heterocycles. The van der Waals surface area contributed by atoms with Crippen LogP contribution < -0.4 is 11.2 Å². The second-order valence-corrected chi connectivity index (χ2v) is 5.79. The average Bonchev–Trinajstić information content (AvgIpc) is 2.30. The van der Waals surface area contributed by atoms with Crippen molar-refractivity contribution in [2.75, 3.05) is 0 Å². The first-order valence-corrected chi connectivity index (χ1v) is 6.30. The molecule has 1 unspecified atom stereocenters. The van der Waals surface area contributed by atoms with Gasteiger partial charge in [-0.05, 0) is 18.8 Å². The first-order chi connectivity index (χ1) is 9.10. The summed E-state index contributed by atoms with van der Waals surface area (Å²) in [6.45, 7) is 7.40. The zero-order valence-electron chi connectivity index (χ0n) is 12.0. The van der Waals surface area contributed by atoms with Crippen molar-refractivity contribution in [2.45, 2.75) is 46.8 Å². The van der Waals surface area contributed by atoms with Crippen LogP contribution in [-0.4, -0.2) is 15.5 Å². The van der Waals surface area contributed by atoms with Crippen molar-refractivity contribution in [3.8, 4) is 0 Å². The van der Waals surface area contributed by atoms with Gasteiger partial charge >= 0.3 is 11.7 Å². The van der Waals surface area contributed by atoms with Crippen molar-refractivity contribution >= 4 is 5.97 Å². The van der Waals surface area contributed by atoms with Gasteiger partial charge in [0.15, 0.2) is 6.23 Å². The summed E-state index contributed by atoms with van der Waals surface area (Å²) >= 11 is 0. The predicted octanol–water partition coefficient (Wildman–Crippen LogP) is 1.56. The molecule has 112 valence electrons. The van der Waals surface area contributed by atoms with Crippen molar-refractivity contribution in [3.05, 3.63) is 32.9 Å². The molecule has 6 nitrogen and oxygen atoms in total. The Morgan fingerprint density at radius 3 is 2.60 bits per heavy atom. The number of halogens is 1. The highest BCUT2D eigenvalue weighted by Crippen LogP contribution is 2.21. The lowest BCUT2D eigenvalue weighted by atomic mass is 9.91. The normalized spacial score (nSPS) is 13.1. The maximum atomic E-state index is 13.1. The van der Waals surface area contributed by atoms with Crippen LogP contribution >= 0.6 is 0 Å². The highest BCUT2D eigenvalue weighted by Gasteiger charge is 2.17. The molecule has 0 bridgehead atoms. The van der Waals surface area contributed by atoms with Crippen LogP contribution in [0.15, 0.2) is 15.8 Å². The van der Waals surface area contributed by atoms with Gasteiger partial charge in [0.05, 0.1) is 6.20 Å². The first-order valence-electron chi connectivity index (χ1n) is 6.30. The van der Waals surface area contributed by atoms with Gasteiger partial charge in [0.2, 0.25) is 5.82 Å². The average molecular weight is 286 g/mol. The van der Waals surface area contributed by atoms with Crippen molar-refractivity contribution in [2.24, 2.45) is 5.41 Å². The molecule has 0 fully saturated rings. The van der Waals surface area contributed by atoms with E-state index in [1.54, 1.807) is 4.98 Å². The standard InChI is InChI=1S/C13H19FN2O4/c1-8(20-10(17)5-6-13(2,3)4)16-7-9(14)11(18)15-12(16)19/h7-8H,5-6H2,1-4H3,(H,15,18,19). The third-order valence-corrected chi connectivity index (χ3v) is 2.70. The molecule has 1 heterocycles. The molecule has 1 rings (SSSR count). The van der Waals surface area contributed by atoms with Crippen LogP contribution in [0, 0.1) is 11.2 Å². The minimum atomic E-state index is -1.11. The quantitative estimate of drug-likeness (QED) is 0.852. The highest BCUT2D eigenvalue weighted by molar-refractivity contribution is 5.69. The molecule has 1 N–H and O–H groups in total. The van der Waals surface area contributed by atoms with E-state index < -0.39 is 29.3 Å². The number of aromatic nitrogens is 2. The summed E-state index contributed by atoms with van der Waals surface area (Å²) in [6, 6.07) is 0. The van der Waals surface area contributed by atoms with Gasteiger partial charge < -0.3 is 4.74 Å². The topological polar surface area (TPSA) is 81.2 Å². The molecule has 0 aliphatic carbocycles. The number of esters is 1. The number of hydrogen-bond donors (Lipinski definition) is 1. The van der Waals surface area contributed by atoms with Gasteiger partial charge in [0.1, 0.15) is 0 Å². The number of aromatic amines is 1. The summed E-state index contributed by atoms with van der Waals surface area (Å²) in [5.74, 6) is -1.59. The van der Waals surface area contributed by atoms with E-state index in [-0.39, 0.29) is 11.8 Å². The molecule has 1 aromatic heterocycles. The van der Waals surface area contributed by atoms with E-state index in [1.807, 2.05) is 20.8 Å². The zero-order valence-corrected chi connectivity index (χ0v) is 12.0. The molecule has 1 aromatic rings. The maximum absolute atomic E-state index is 13.1. The molecule has 0 amide bonds. The van der Waals surface area contributed by atoms with E-state index in [4.69, 9.17) is 4.74 Å². The Kier molecular flexibility index (Phi) is 4.86. The van der Waals surface area contributed by atoms with Gasteiger partial charge in [-0.15, -0.1) is 0 Å². The second-order valence-electron chi connectivity index (χ2n) is 5.79. The van der Waals surface area contributed by atoms with E-state index in [1.165, 1.54) is 6.92 Å². The Morgan fingerprint density at radius 2 is 2.05 bits per heavy atom. The molecule has 1 atom stereocenters. The molecule has 20 heavy (non-hydrogen) atoms. The molecule has 7 heteroatoms. The van der Waals surface area contributed by atoms with Crippen molar-refractivity contribution in [3.63, 3.8) is 0 Å². The Labute approximate surface area is 115 Å². The smallest absolute Gasteiger partial charge is 0.331 e. The minimum absolute atomic E-state index is 0.0107. The fraction of sp³-hybridized carbons (Fsp3) is 0.615. The Hall–Kier alpha value is -1.92. The molecule has 0 spiro atoms. The van der Waals surface area contributed by atoms with E-state index in [2.05, 4.69) is 0 Å². The third-order valence-electron chi connectivity index (χ3n) is 2.70. The summed E-state index contributed by atoms with van der Waals surface area (Å²) < 4.78 is 19.0. The lowest BCUT2D eigenvalue weighted by Crippen LogP contribution is -2.34. The third kappa shape index (κ3) is 4.64. The van der Waals surface area contributed by atoms with Crippen LogP contribution in [0.5, 0.6) is 0 Å². The van der Waals surface area contributed by atoms with Gasteiger partial charge in [-0.3, -0.25) is 19.1 Å². The van der Waals surface area contributed by atoms with Crippen LogP contribution in [0.3, 0.4) is 0 Å². The molecular formula is C13H19FN2O4. The number of carbonyl (C=O) groups excluding carboxylic acids is 1. The van der Waals surface area contributed by atoms with E-state index in [0.29, 0.717) is 6.42 Å². The van der Waals surface area contributed by atoms with E-state index >= 15 is 0 Å². The molecular weight excluding hydrogens is 267 g/mol. The number of ether oxygens (including phenoxy) is 1. The summed E-state index contributed by atoms with van der Waals surface area (Å²) in [4.78, 5) is 35.8. The van der Waals surface area contributed by atoms with Gasteiger partial charge in [-0.2, -0.15) is 4.39 Å². The minimum Gasteiger partial charge on any atom is -0.441 e. The monoisotopic (exact) mass is 286 g/mol. The molecule has 0 radical (unpaired) electrons. The molecule has 0 aliphatic rings. The van der Waals surface area contributed by atoms with Gasteiger partial charge in [0, 0.05) is 6.42 Å². The molecule has 0 aliphatic heterocycles. The van der Waals surface area contributed by atoms with Crippen LogP contribution in [0.4, 0.5) is 4.39 Å². The second kappa shape index (κ2) is 6.02. The Bertz CT molecular complexity index is 598. The number of nitrogens with one attached hydrogen (secondary N) is 1. The van der Waals surface area contributed by atoms with Crippen LogP contribution in [-0.2, 0) is 9.53 Å². The predicted molar refractivity (Wildman–Crippen MR) is 70.8 cm³/mol. The Morgan fingerprint density at radius 1 is 1.45 bits per heavy atom. The SMILES string of the molecule is CC(OC(=O)CCC(C)(C)C)n1cc(F)c(=O)[nH]c1=O. The van der Waals surface area contributed by atoms with Gasteiger partial charge in [-0.1, -0.05) is 20.8 Å². The van der Waals surface area contributed by atoms with E-state index in [0.717, 1.165) is 10.8 Å². The lowest BCUT2D eigenvalue weighted by molar-refractivity contribution is -0.153. The van der Waals surface area contributed by atoms with Crippen LogP contribution in [0.1, 0.15) is 46.8 Å². The van der Waals surface area contributed by atoms with Crippen molar-refractivity contribution in [1.29, 1.82) is 0 Å². The number of nitrogens with zero attached hydrogens (tertiary/aromatic N) is 1. The number of rotatable bonds is 4. The van der Waals surface area contributed by atoms with Gasteiger partial charge in [-0.25, -0.2) is 4.79 Å². The number of hydrogen-bond acceptors (Lipinski definition) is 4. The van der Waals surface area contributed by atoms with Gasteiger partial charge in [0.25, 0.3) is 5.56 Å². The zero-order chi connectivity index (χ0) is 15.5. The number of carbonyl (C=O) groups is 1. The van der Waals surface area contributed by atoms with Crippen LogP contribution in [0.2, 0.25) is 0 Å². The lowest BCUT2D eigenvalue weighted by Gasteiger charge is -2.19. The fourth-order valence-electron chi connectivity index (χ4n) is 1.51. The van der Waals surface area contributed by atoms with Crippen molar-refractivity contribution in [1.82, 2.24) is 9.55 Å². The summed E-state index contributed by atoms with van der Waals surface area (Å²) in [5.41, 5.74) is -1.94. The first kappa shape index (κ1) is 16.1. The fourth-order valence-corrected chi connectivity index (χ4v) is 1.51. The molecule has 0 saturated carbocycles. The largest absolute Gasteiger partial charge is 0.441 e. The van der Waals surface area contributed by atoms with E-state index in [9.17, 15) is 18.8 Å². The van der Waals surface area contributed by atoms with Crippen LogP contribution in [0.25, 0.3) is 0 Å².